The van der Waals surface area contributed by atoms with Gasteiger partial charge in [0, 0.05) is 23.8 Å². The first-order chi connectivity index (χ1) is 13.1. The zero-order valence-corrected chi connectivity index (χ0v) is 16.5. The second kappa shape index (κ2) is 5.15. The number of allylic oxidation sites excluding steroid dienone is 2. The van der Waals surface area contributed by atoms with Gasteiger partial charge in [0.05, 0.1) is 5.60 Å². The van der Waals surface area contributed by atoms with Crippen molar-refractivity contribution in [1.82, 2.24) is 0 Å². The number of aromatic hydroxyl groups is 1. The van der Waals surface area contributed by atoms with Crippen LogP contribution in [0.5, 0.6) is 11.5 Å². The number of phenols is 1. The topological polar surface area (TPSA) is 72.8 Å². The molecule has 4 atom stereocenters. The highest BCUT2D eigenvalue weighted by atomic mass is 16.6. The monoisotopic (exact) mass is 380 g/mol. The lowest BCUT2D eigenvalue weighted by molar-refractivity contribution is -0.171. The van der Waals surface area contributed by atoms with E-state index in [1.807, 2.05) is 33.8 Å². The summed E-state index contributed by atoms with van der Waals surface area (Å²) in [6.45, 7) is 7.92. The molecular weight excluding hydrogens is 356 g/mol. The van der Waals surface area contributed by atoms with Crippen molar-refractivity contribution in [1.29, 1.82) is 0 Å². The average molecular weight is 380 g/mol. The van der Waals surface area contributed by atoms with Crippen molar-refractivity contribution in [2.24, 2.45) is 11.8 Å². The van der Waals surface area contributed by atoms with Gasteiger partial charge in [-0.1, -0.05) is 23.8 Å². The van der Waals surface area contributed by atoms with Crippen LogP contribution < -0.4 is 4.74 Å². The Balaban J connectivity index is 1.82. The van der Waals surface area contributed by atoms with Gasteiger partial charge in [-0.05, 0) is 46.2 Å². The third-order valence-electron chi connectivity index (χ3n) is 6.90. The van der Waals surface area contributed by atoms with Crippen LogP contribution >= 0.6 is 0 Å². The summed E-state index contributed by atoms with van der Waals surface area (Å²) in [5.41, 5.74) is -1.29. The Kier molecular flexibility index (Phi) is 3.25. The average Bonchev–Trinajstić information content (AvgIpc) is 2.77. The van der Waals surface area contributed by atoms with E-state index in [0.29, 0.717) is 24.2 Å². The Bertz CT molecular complexity index is 996. The fraction of sp³-hybridized carbons (Fsp3) is 0.478. The lowest BCUT2D eigenvalue weighted by atomic mass is 9.51. The van der Waals surface area contributed by atoms with Crippen LogP contribution in [0.25, 0.3) is 0 Å². The molecule has 3 aliphatic carbocycles. The fourth-order valence-corrected chi connectivity index (χ4v) is 5.82. The second-order valence-electron chi connectivity index (χ2n) is 9.17. The highest BCUT2D eigenvalue weighted by Crippen LogP contribution is 2.67. The van der Waals surface area contributed by atoms with Crippen molar-refractivity contribution < 1.29 is 24.2 Å². The molecule has 5 aliphatic rings. The zero-order chi connectivity index (χ0) is 20.1. The van der Waals surface area contributed by atoms with E-state index in [-0.39, 0.29) is 34.7 Å². The molecule has 1 saturated heterocycles. The number of carbonyl (C=O) groups excluding carboxylic acids is 2. The van der Waals surface area contributed by atoms with Crippen LogP contribution in [-0.4, -0.2) is 33.5 Å². The summed E-state index contributed by atoms with van der Waals surface area (Å²) in [5.74, 6) is -0.543. The molecule has 2 aliphatic heterocycles. The molecule has 1 aromatic carbocycles. The smallest absolute Gasteiger partial charge is 0.200 e. The molecule has 2 fully saturated rings. The van der Waals surface area contributed by atoms with Gasteiger partial charge in [0.2, 0.25) is 0 Å². The SMILES string of the molecule is CC(C)=CCC12OC(C)(C)[C@@H]3C[C@@H](C=C4C(=O)c5c(O)cccc5O[C@]431)C2=O. The van der Waals surface area contributed by atoms with Crippen molar-refractivity contribution in [2.75, 3.05) is 0 Å². The molecule has 6 rings (SSSR count). The van der Waals surface area contributed by atoms with Crippen LogP contribution in [0.3, 0.4) is 0 Å². The molecule has 0 radical (unpaired) electrons. The highest BCUT2D eigenvalue weighted by molar-refractivity contribution is 6.18. The summed E-state index contributed by atoms with van der Waals surface area (Å²) in [4.78, 5) is 27.0. The number of benzene rings is 1. The molecule has 4 bridgehead atoms. The second-order valence-corrected chi connectivity index (χ2v) is 9.17. The lowest BCUT2D eigenvalue weighted by Crippen LogP contribution is -2.72. The highest BCUT2D eigenvalue weighted by Gasteiger charge is 2.81. The van der Waals surface area contributed by atoms with Crippen LogP contribution in [0.2, 0.25) is 0 Å². The molecule has 1 unspecified atom stereocenters. The van der Waals surface area contributed by atoms with E-state index in [2.05, 4.69) is 0 Å². The number of Topliss-reactive ketones (excluding diaryl/α,β-unsaturated/α-hetero) is 2. The Morgan fingerprint density at radius 2 is 2.04 bits per heavy atom. The lowest BCUT2D eigenvalue weighted by Gasteiger charge is -2.56. The molecule has 2 heterocycles. The maximum absolute atomic E-state index is 13.6. The van der Waals surface area contributed by atoms with E-state index in [4.69, 9.17) is 9.47 Å². The summed E-state index contributed by atoms with van der Waals surface area (Å²) in [5, 5.41) is 10.3. The van der Waals surface area contributed by atoms with E-state index >= 15 is 0 Å². The van der Waals surface area contributed by atoms with Gasteiger partial charge in [-0.3, -0.25) is 9.59 Å². The first-order valence-electron chi connectivity index (χ1n) is 9.80. The predicted octanol–water partition coefficient (Wildman–Crippen LogP) is 3.76. The summed E-state index contributed by atoms with van der Waals surface area (Å²) in [6.07, 6.45) is 4.73. The van der Waals surface area contributed by atoms with E-state index in [0.717, 1.165) is 5.57 Å². The number of ether oxygens (including phenoxy) is 2. The van der Waals surface area contributed by atoms with Crippen molar-refractivity contribution >= 4 is 11.6 Å². The molecular formula is C23H24O5. The Hall–Kier alpha value is -2.40. The molecule has 146 valence electrons. The molecule has 1 saturated carbocycles. The number of hydrogen-bond acceptors (Lipinski definition) is 5. The first kappa shape index (κ1) is 17.7. The molecule has 28 heavy (non-hydrogen) atoms. The third kappa shape index (κ3) is 1.81. The minimum absolute atomic E-state index is 0.00743. The number of hydrogen-bond donors (Lipinski definition) is 1. The Labute approximate surface area is 164 Å². The molecule has 1 spiro atoms. The van der Waals surface area contributed by atoms with E-state index in [9.17, 15) is 14.7 Å². The van der Waals surface area contributed by atoms with Gasteiger partial charge in [0.1, 0.15) is 17.1 Å². The normalized spacial score (nSPS) is 36.4. The molecule has 1 aromatic rings. The largest absolute Gasteiger partial charge is 0.507 e. The van der Waals surface area contributed by atoms with Crippen molar-refractivity contribution in [2.45, 2.75) is 57.3 Å². The number of rotatable bonds is 2. The van der Waals surface area contributed by atoms with Crippen LogP contribution in [0, 0.1) is 11.8 Å². The van der Waals surface area contributed by atoms with Gasteiger partial charge < -0.3 is 14.6 Å². The maximum atomic E-state index is 13.6. The van der Waals surface area contributed by atoms with Gasteiger partial charge in [0.25, 0.3) is 0 Å². The van der Waals surface area contributed by atoms with Crippen LogP contribution in [-0.2, 0) is 9.53 Å². The fourth-order valence-electron chi connectivity index (χ4n) is 5.82. The summed E-state index contributed by atoms with van der Waals surface area (Å²) in [7, 11) is 0. The van der Waals surface area contributed by atoms with Crippen molar-refractivity contribution in [3.8, 4) is 11.5 Å². The number of ketones is 2. The minimum Gasteiger partial charge on any atom is -0.507 e. The molecule has 5 heteroatoms. The van der Waals surface area contributed by atoms with E-state index < -0.39 is 16.8 Å². The maximum Gasteiger partial charge on any atom is 0.200 e. The molecule has 1 N–H and O–H groups in total. The third-order valence-corrected chi connectivity index (χ3v) is 6.90. The number of carbonyl (C=O) groups is 2. The van der Waals surface area contributed by atoms with Gasteiger partial charge in [-0.2, -0.15) is 0 Å². The van der Waals surface area contributed by atoms with Gasteiger partial charge in [-0.25, -0.2) is 0 Å². The Morgan fingerprint density at radius 1 is 1.29 bits per heavy atom. The van der Waals surface area contributed by atoms with Crippen molar-refractivity contribution in [3.63, 3.8) is 0 Å². The van der Waals surface area contributed by atoms with Gasteiger partial charge >= 0.3 is 0 Å². The minimum atomic E-state index is -1.23. The molecule has 0 aromatic heterocycles. The summed E-state index contributed by atoms with van der Waals surface area (Å²) < 4.78 is 13.1. The predicted molar refractivity (Wildman–Crippen MR) is 102 cm³/mol. The summed E-state index contributed by atoms with van der Waals surface area (Å²) >= 11 is 0. The van der Waals surface area contributed by atoms with Crippen LogP contribution in [0.4, 0.5) is 0 Å². The van der Waals surface area contributed by atoms with Gasteiger partial charge in [0.15, 0.2) is 22.8 Å². The number of phenolic OH excluding ortho intramolecular Hbond substituents is 1. The van der Waals surface area contributed by atoms with E-state index in [1.54, 1.807) is 18.2 Å². The molecule has 0 amide bonds. The number of fused-ring (bicyclic) bond motifs is 1. The molecule has 5 nitrogen and oxygen atoms in total. The zero-order valence-electron chi connectivity index (χ0n) is 16.5. The standard InChI is InChI=1S/C23H24O5/c1-12(2)8-9-22-20(26)13-10-14-19(25)18-15(24)6-5-7-16(18)27-23(14,22)17(11-13)21(3,4)28-22/h5-8,10,13,17,24H,9,11H2,1-4H3/t13-,17+,22?,23-/m1/s1. The summed E-state index contributed by atoms with van der Waals surface area (Å²) in [6, 6.07) is 4.82. The van der Waals surface area contributed by atoms with Crippen molar-refractivity contribution in [3.05, 3.63) is 47.1 Å². The van der Waals surface area contributed by atoms with Crippen LogP contribution in [0.15, 0.2) is 41.5 Å². The van der Waals surface area contributed by atoms with Crippen LogP contribution in [0.1, 0.15) is 50.9 Å². The first-order valence-corrected chi connectivity index (χ1v) is 9.80. The van der Waals surface area contributed by atoms with Gasteiger partial charge in [-0.15, -0.1) is 0 Å². The van der Waals surface area contributed by atoms with E-state index in [1.165, 1.54) is 6.07 Å². The Morgan fingerprint density at radius 3 is 2.75 bits per heavy atom. The quantitative estimate of drug-likeness (QED) is 0.791.